The third kappa shape index (κ3) is 3.43. The number of halogens is 1. The maximum absolute atomic E-state index is 13.1. The van der Waals surface area contributed by atoms with E-state index in [9.17, 15) is 14.0 Å². The van der Waals surface area contributed by atoms with Crippen LogP contribution in [-0.2, 0) is 0 Å². The van der Waals surface area contributed by atoms with Crippen LogP contribution in [0.4, 0.5) is 10.1 Å². The van der Waals surface area contributed by atoms with Crippen LogP contribution < -0.4 is 15.1 Å². The topological polar surface area (TPSA) is 63.0 Å². The van der Waals surface area contributed by atoms with E-state index in [4.69, 9.17) is 9.15 Å². The molecule has 1 saturated heterocycles. The summed E-state index contributed by atoms with van der Waals surface area (Å²) in [5.41, 5.74) is 0.968. The molecule has 4 rings (SSSR count). The lowest BCUT2D eigenvalue weighted by Gasteiger charge is -2.35. The van der Waals surface area contributed by atoms with Crippen molar-refractivity contribution >= 4 is 22.6 Å². The first-order chi connectivity index (χ1) is 13.5. The monoisotopic (exact) mass is 382 g/mol. The van der Waals surface area contributed by atoms with Crippen LogP contribution >= 0.6 is 0 Å². The highest BCUT2D eigenvalue weighted by Gasteiger charge is 2.24. The third-order valence-electron chi connectivity index (χ3n) is 4.91. The third-order valence-corrected chi connectivity index (χ3v) is 4.91. The smallest absolute Gasteiger partial charge is 0.289 e. The molecule has 2 heterocycles. The fourth-order valence-corrected chi connectivity index (χ4v) is 3.34. The molecular formula is C21H19FN2O4. The Hall–Kier alpha value is -3.35. The largest absolute Gasteiger partial charge is 0.497 e. The zero-order valence-electron chi connectivity index (χ0n) is 15.4. The van der Waals surface area contributed by atoms with Crippen molar-refractivity contribution in [3.63, 3.8) is 0 Å². The first-order valence-electron chi connectivity index (χ1n) is 8.97. The Kier molecular flexibility index (Phi) is 4.73. The van der Waals surface area contributed by atoms with E-state index < -0.39 is 0 Å². The van der Waals surface area contributed by atoms with Gasteiger partial charge in [-0.3, -0.25) is 9.59 Å². The molecule has 0 radical (unpaired) electrons. The van der Waals surface area contributed by atoms with E-state index in [0.717, 1.165) is 5.69 Å². The molecule has 1 amide bonds. The van der Waals surface area contributed by atoms with Gasteiger partial charge in [-0.2, -0.15) is 0 Å². The zero-order chi connectivity index (χ0) is 19.7. The SMILES string of the molecule is COc1ccc2c(=O)cc(C(=O)N3CCN(c4ccc(F)cc4)CC3)oc2c1. The molecule has 7 heteroatoms. The number of nitrogens with zero attached hydrogens (tertiary/aromatic N) is 2. The van der Waals surface area contributed by atoms with E-state index in [1.807, 2.05) is 0 Å². The van der Waals surface area contributed by atoms with E-state index in [0.29, 0.717) is 42.9 Å². The number of benzene rings is 2. The van der Waals surface area contributed by atoms with Gasteiger partial charge in [0, 0.05) is 44.0 Å². The maximum Gasteiger partial charge on any atom is 0.289 e. The average molecular weight is 382 g/mol. The van der Waals surface area contributed by atoms with Crippen LogP contribution in [0.5, 0.6) is 5.75 Å². The summed E-state index contributed by atoms with van der Waals surface area (Å²) in [5.74, 6) is -0.0322. The second-order valence-electron chi connectivity index (χ2n) is 6.59. The summed E-state index contributed by atoms with van der Waals surface area (Å²) in [4.78, 5) is 28.9. The van der Waals surface area contributed by atoms with Crippen molar-refractivity contribution in [2.45, 2.75) is 0 Å². The van der Waals surface area contributed by atoms with Crippen molar-refractivity contribution in [2.24, 2.45) is 0 Å². The van der Waals surface area contributed by atoms with Gasteiger partial charge in [0.2, 0.25) is 0 Å². The number of fused-ring (bicyclic) bond motifs is 1. The van der Waals surface area contributed by atoms with Crippen molar-refractivity contribution in [2.75, 3.05) is 38.2 Å². The second kappa shape index (κ2) is 7.34. The van der Waals surface area contributed by atoms with Crippen LogP contribution in [-0.4, -0.2) is 44.1 Å². The molecule has 1 aliphatic rings. The van der Waals surface area contributed by atoms with Crippen LogP contribution in [0.15, 0.2) is 57.7 Å². The second-order valence-corrected chi connectivity index (χ2v) is 6.59. The minimum absolute atomic E-state index is 0.0148. The first kappa shape index (κ1) is 18.0. The van der Waals surface area contributed by atoms with Crippen LogP contribution in [0.25, 0.3) is 11.0 Å². The standard InChI is InChI=1S/C21H19FN2O4/c1-27-16-6-7-17-18(25)13-20(28-19(17)12-16)21(26)24-10-8-23(9-11-24)15-4-2-14(22)3-5-15/h2-7,12-13H,8-11H2,1H3. The number of anilines is 1. The Morgan fingerprint density at radius 3 is 2.43 bits per heavy atom. The van der Waals surface area contributed by atoms with E-state index in [1.165, 1.54) is 25.3 Å². The fraction of sp³-hybridized carbons (Fsp3) is 0.238. The van der Waals surface area contributed by atoms with Crippen LogP contribution in [0.1, 0.15) is 10.6 Å². The molecule has 0 atom stereocenters. The zero-order valence-corrected chi connectivity index (χ0v) is 15.4. The van der Waals surface area contributed by atoms with Gasteiger partial charge in [0.1, 0.15) is 17.1 Å². The summed E-state index contributed by atoms with van der Waals surface area (Å²) < 4.78 is 23.9. The Bertz CT molecular complexity index is 1070. The Morgan fingerprint density at radius 2 is 1.75 bits per heavy atom. The summed E-state index contributed by atoms with van der Waals surface area (Å²) in [6, 6.07) is 12.4. The Labute approximate surface area is 160 Å². The lowest BCUT2D eigenvalue weighted by atomic mass is 10.2. The molecular weight excluding hydrogens is 363 g/mol. The highest BCUT2D eigenvalue weighted by Crippen LogP contribution is 2.21. The van der Waals surface area contributed by atoms with E-state index in [-0.39, 0.29) is 22.9 Å². The maximum atomic E-state index is 13.1. The molecule has 0 saturated carbocycles. The minimum atomic E-state index is -0.319. The number of carbonyl (C=O) groups is 1. The van der Waals surface area contributed by atoms with Crippen molar-refractivity contribution in [3.05, 3.63) is 70.3 Å². The van der Waals surface area contributed by atoms with Gasteiger partial charge in [0.15, 0.2) is 11.2 Å². The minimum Gasteiger partial charge on any atom is -0.497 e. The average Bonchev–Trinajstić information content (AvgIpc) is 2.73. The summed E-state index contributed by atoms with van der Waals surface area (Å²) >= 11 is 0. The molecule has 6 nitrogen and oxygen atoms in total. The van der Waals surface area contributed by atoms with Gasteiger partial charge < -0.3 is 19.0 Å². The summed E-state index contributed by atoms with van der Waals surface area (Å²) in [6.45, 7) is 2.19. The molecule has 2 aromatic carbocycles. The van der Waals surface area contributed by atoms with Crippen molar-refractivity contribution in [3.8, 4) is 5.75 Å². The van der Waals surface area contributed by atoms with Crippen molar-refractivity contribution < 1.29 is 18.3 Å². The number of hydrogen-bond acceptors (Lipinski definition) is 5. The first-order valence-corrected chi connectivity index (χ1v) is 8.97. The molecule has 3 aromatic rings. The van der Waals surface area contributed by atoms with Gasteiger partial charge in [-0.05, 0) is 36.4 Å². The Morgan fingerprint density at radius 1 is 1.04 bits per heavy atom. The lowest BCUT2D eigenvalue weighted by molar-refractivity contribution is 0.0715. The molecule has 144 valence electrons. The number of methoxy groups -OCH3 is 1. The number of carbonyl (C=O) groups excluding carboxylic acids is 1. The van der Waals surface area contributed by atoms with Crippen LogP contribution in [0, 0.1) is 5.82 Å². The van der Waals surface area contributed by atoms with Crippen molar-refractivity contribution in [1.29, 1.82) is 0 Å². The van der Waals surface area contributed by atoms with E-state index in [1.54, 1.807) is 35.2 Å². The molecule has 0 unspecified atom stereocenters. The van der Waals surface area contributed by atoms with Gasteiger partial charge in [0.05, 0.1) is 12.5 Å². The molecule has 1 fully saturated rings. The lowest BCUT2D eigenvalue weighted by Crippen LogP contribution is -2.48. The summed E-state index contributed by atoms with van der Waals surface area (Å²) in [5, 5.41) is 0.401. The van der Waals surface area contributed by atoms with Crippen LogP contribution in [0.2, 0.25) is 0 Å². The molecule has 0 aliphatic carbocycles. The van der Waals surface area contributed by atoms with Crippen LogP contribution in [0.3, 0.4) is 0 Å². The fourth-order valence-electron chi connectivity index (χ4n) is 3.34. The molecule has 1 aliphatic heterocycles. The van der Waals surface area contributed by atoms with Gasteiger partial charge in [-0.15, -0.1) is 0 Å². The summed E-state index contributed by atoms with van der Waals surface area (Å²) in [7, 11) is 1.52. The normalized spacial score (nSPS) is 14.4. The molecule has 0 N–H and O–H groups in total. The predicted octanol–water partition coefficient (Wildman–Crippen LogP) is 2.90. The van der Waals surface area contributed by atoms with E-state index in [2.05, 4.69) is 4.90 Å². The number of amides is 1. The highest BCUT2D eigenvalue weighted by atomic mass is 19.1. The number of rotatable bonds is 3. The molecule has 0 spiro atoms. The van der Waals surface area contributed by atoms with Gasteiger partial charge in [-0.25, -0.2) is 4.39 Å². The quantitative estimate of drug-likeness (QED) is 0.697. The molecule has 1 aromatic heterocycles. The summed E-state index contributed by atoms with van der Waals surface area (Å²) in [6.07, 6.45) is 0. The number of piperazine rings is 1. The highest BCUT2D eigenvalue weighted by molar-refractivity contribution is 5.93. The molecule has 0 bridgehead atoms. The predicted molar refractivity (Wildman–Crippen MR) is 104 cm³/mol. The number of hydrogen-bond donors (Lipinski definition) is 0. The van der Waals surface area contributed by atoms with Gasteiger partial charge in [0.25, 0.3) is 5.91 Å². The van der Waals surface area contributed by atoms with Gasteiger partial charge in [-0.1, -0.05) is 0 Å². The van der Waals surface area contributed by atoms with Crippen molar-refractivity contribution in [1.82, 2.24) is 4.90 Å². The van der Waals surface area contributed by atoms with Gasteiger partial charge >= 0.3 is 0 Å². The number of ether oxygens (including phenoxy) is 1. The molecule has 28 heavy (non-hydrogen) atoms. The Balaban J connectivity index is 1.52. The van der Waals surface area contributed by atoms with E-state index >= 15 is 0 Å².